The first kappa shape index (κ1) is 12.4. The van der Waals surface area contributed by atoms with E-state index in [4.69, 9.17) is 5.11 Å². The number of rotatable bonds is 5. The average Bonchev–Trinajstić information content (AvgIpc) is 2.83. The summed E-state index contributed by atoms with van der Waals surface area (Å²) in [5, 5.41) is 12.1. The van der Waals surface area contributed by atoms with E-state index in [9.17, 15) is 9.59 Å². The number of hydrogen-bond donors (Lipinski definition) is 2. The van der Waals surface area contributed by atoms with Gasteiger partial charge in [-0.15, -0.1) is 0 Å². The van der Waals surface area contributed by atoms with Crippen molar-refractivity contribution in [2.24, 2.45) is 17.8 Å². The molecule has 4 nitrogen and oxygen atoms in total. The third-order valence-corrected chi connectivity index (χ3v) is 4.08. The van der Waals surface area contributed by atoms with Crippen molar-refractivity contribution in [1.29, 1.82) is 0 Å². The molecule has 4 unspecified atom stereocenters. The Kier molecular flexibility index (Phi) is 3.69. The highest BCUT2D eigenvalue weighted by atomic mass is 16.4. The number of carboxylic acids is 1. The summed E-state index contributed by atoms with van der Waals surface area (Å²) in [4.78, 5) is 23.0. The van der Waals surface area contributed by atoms with Crippen molar-refractivity contribution >= 4 is 11.9 Å². The Hall–Kier alpha value is -1.06. The zero-order valence-electron chi connectivity index (χ0n) is 10.3. The molecule has 0 radical (unpaired) electrons. The summed E-state index contributed by atoms with van der Waals surface area (Å²) in [6.07, 6.45) is 5.63. The highest BCUT2D eigenvalue weighted by Gasteiger charge is 2.42. The third-order valence-electron chi connectivity index (χ3n) is 4.08. The molecule has 0 aromatic heterocycles. The molecule has 0 aliphatic heterocycles. The molecule has 0 heterocycles. The predicted molar refractivity (Wildman–Crippen MR) is 63.4 cm³/mol. The van der Waals surface area contributed by atoms with Gasteiger partial charge in [-0.1, -0.05) is 19.8 Å². The van der Waals surface area contributed by atoms with Gasteiger partial charge in [0.25, 0.3) is 0 Å². The minimum atomic E-state index is -0.816. The van der Waals surface area contributed by atoms with Crippen LogP contribution < -0.4 is 5.32 Å². The smallest absolute Gasteiger partial charge is 0.307 e. The number of aliphatic carboxylic acids is 1. The zero-order valence-corrected chi connectivity index (χ0v) is 10.3. The molecule has 2 rings (SSSR count). The second-order valence-electron chi connectivity index (χ2n) is 5.38. The van der Waals surface area contributed by atoms with Crippen molar-refractivity contribution in [1.82, 2.24) is 5.32 Å². The van der Waals surface area contributed by atoms with E-state index in [1.54, 1.807) is 0 Å². The van der Waals surface area contributed by atoms with Crippen molar-refractivity contribution in [2.75, 3.05) is 0 Å². The summed E-state index contributed by atoms with van der Waals surface area (Å²) in [5.41, 5.74) is 0. The molecule has 2 N–H and O–H groups in total. The average molecular weight is 239 g/mol. The minimum Gasteiger partial charge on any atom is -0.481 e. The third kappa shape index (κ3) is 2.79. The van der Waals surface area contributed by atoms with Gasteiger partial charge in [0.05, 0.1) is 11.8 Å². The first-order valence-electron chi connectivity index (χ1n) is 6.66. The molecule has 4 atom stereocenters. The van der Waals surface area contributed by atoms with Gasteiger partial charge in [-0.05, 0) is 31.6 Å². The lowest BCUT2D eigenvalue weighted by molar-refractivity contribution is -0.146. The highest BCUT2D eigenvalue weighted by Crippen LogP contribution is 2.37. The van der Waals surface area contributed by atoms with Crippen LogP contribution in [-0.4, -0.2) is 23.0 Å². The number of carbonyl (C=O) groups excluding carboxylic acids is 1. The zero-order chi connectivity index (χ0) is 12.4. The number of carbonyl (C=O) groups is 2. The van der Waals surface area contributed by atoms with Gasteiger partial charge in [-0.3, -0.25) is 9.59 Å². The normalized spacial score (nSPS) is 35.6. The van der Waals surface area contributed by atoms with Crippen LogP contribution in [0.15, 0.2) is 0 Å². The van der Waals surface area contributed by atoms with Gasteiger partial charge < -0.3 is 10.4 Å². The van der Waals surface area contributed by atoms with Gasteiger partial charge in [0.2, 0.25) is 5.91 Å². The molecule has 2 fully saturated rings. The van der Waals surface area contributed by atoms with Gasteiger partial charge >= 0.3 is 5.97 Å². The molecule has 0 saturated heterocycles. The molecule has 0 aromatic carbocycles. The Morgan fingerprint density at radius 2 is 2.00 bits per heavy atom. The topological polar surface area (TPSA) is 66.4 Å². The van der Waals surface area contributed by atoms with Crippen LogP contribution >= 0.6 is 0 Å². The maximum absolute atomic E-state index is 12.0. The fraction of sp³-hybridized carbons (Fsp3) is 0.846. The maximum atomic E-state index is 12.0. The minimum absolute atomic E-state index is 0.0292. The van der Waals surface area contributed by atoms with E-state index in [1.807, 2.05) is 0 Å². The van der Waals surface area contributed by atoms with E-state index in [2.05, 4.69) is 12.2 Å². The van der Waals surface area contributed by atoms with Crippen molar-refractivity contribution in [2.45, 2.75) is 51.5 Å². The summed E-state index contributed by atoms with van der Waals surface area (Å²) in [6.45, 7) is 2.15. The molecule has 0 bridgehead atoms. The fourth-order valence-corrected chi connectivity index (χ4v) is 2.97. The molecule has 17 heavy (non-hydrogen) atoms. The van der Waals surface area contributed by atoms with Crippen molar-refractivity contribution in [3.63, 3.8) is 0 Å². The summed E-state index contributed by atoms with van der Waals surface area (Å²) in [7, 11) is 0. The summed E-state index contributed by atoms with van der Waals surface area (Å²) in [6, 6.07) is 0.317. The lowest BCUT2D eigenvalue weighted by Crippen LogP contribution is -2.37. The molecule has 1 amide bonds. The van der Waals surface area contributed by atoms with E-state index in [0.717, 1.165) is 32.1 Å². The second-order valence-corrected chi connectivity index (χ2v) is 5.38. The van der Waals surface area contributed by atoms with Gasteiger partial charge in [0.15, 0.2) is 0 Å². The molecular formula is C13H21NO3. The molecule has 4 heteroatoms. The number of amides is 1. The second kappa shape index (κ2) is 5.07. The fourth-order valence-electron chi connectivity index (χ4n) is 2.97. The Bertz CT molecular complexity index is 316. The standard InChI is InChI=1S/C13H21NO3/c1-2-4-8-7-11(8)14-12(15)9-5-3-6-10(9)13(16)17/h8-11H,2-7H2,1H3,(H,14,15)(H,16,17). The Labute approximate surface area is 102 Å². The van der Waals surface area contributed by atoms with Gasteiger partial charge in [0.1, 0.15) is 0 Å². The molecule has 2 aliphatic carbocycles. The van der Waals surface area contributed by atoms with Crippen molar-refractivity contribution in [3.05, 3.63) is 0 Å². The number of nitrogens with one attached hydrogen (secondary N) is 1. The van der Waals surface area contributed by atoms with Gasteiger partial charge in [0, 0.05) is 6.04 Å². The van der Waals surface area contributed by atoms with Crippen LogP contribution in [0, 0.1) is 17.8 Å². The van der Waals surface area contributed by atoms with Gasteiger partial charge in [-0.25, -0.2) is 0 Å². The Balaban J connectivity index is 1.82. The Morgan fingerprint density at radius 1 is 1.29 bits per heavy atom. The molecule has 2 saturated carbocycles. The largest absolute Gasteiger partial charge is 0.481 e. The lowest BCUT2D eigenvalue weighted by atomic mass is 9.95. The molecule has 2 aliphatic rings. The quantitative estimate of drug-likeness (QED) is 0.768. The van der Waals surface area contributed by atoms with E-state index >= 15 is 0 Å². The van der Waals surface area contributed by atoms with E-state index in [1.165, 1.54) is 0 Å². The van der Waals surface area contributed by atoms with Crippen LogP contribution in [0.5, 0.6) is 0 Å². The van der Waals surface area contributed by atoms with Crippen LogP contribution in [0.25, 0.3) is 0 Å². The Morgan fingerprint density at radius 3 is 2.65 bits per heavy atom. The van der Waals surface area contributed by atoms with Crippen molar-refractivity contribution < 1.29 is 14.7 Å². The van der Waals surface area contributed by atoms with E-state index in [-0.39, 0.29) is 11.8 Å². The molecule has 96 valence electrons. The summed E-state index contributed by atoms with van der Waals surface area (Å²) < 4.78 is 0. The first-order chi connectivity index (χ1) is 8.13. The van der Waals surface area contributed by atoms with Crippen LogP contribution in [0.3, 0.4) is 0 Å². The lowest BCUT2D eigenvalue weighted by Gasteiger charge is -2.15. The molecule has 0 spiro atoms. The van der Waals surface area contributed by atoms with Crippen LogP contribution in [-0.2, 0) is 9.59 Å². The number of hydrogen-bond acceptors (Lipinski definition) is 2. The molecule has 0 aromatic rings. The SMILES string of the molecule is CCCC1CC1NC(=O)C1CCCC1C(=O)O. The summed E-state index contributed by atoms with van der Waals surface area (Å²) >= 11 is 0. The van der Waals surface area contributed by atoms with E-state index < -0.39 is 11.9 Å². The van der Waals surface area contributed by atoms with Crippen LogP contribution in [0.4, 0.5) is 0 Å². The number of carboxylic acid groups (broad SMARTS) is 1. The summed E-state index contributed by atoms with van der Waals surface area (Å²) in [5.74, 6) is -0.968. The predicted octanol–water partition coefficient (Wildman–Crippen LogP) is 1.79. The van der Waals surface area contributed by atoms with E-state index in [0.29, 0.717) is 18.4 Å². The highest BCUT2D eigenvalue weighted by molar-refractivity contribution is 5.85. The molecular weight excluding hydrogens is 218 g/mol. The first-order valence-corrected chi connectivity index (χ1v) is 6.66. The maximum Gasteiger partial charge on any atom is 0.307 e. The van der Waals surface area contributed by atoms with Crippen LogP contribution in [0.1, 0.15) is 45.4 Å². The van der Waals surface area contributed by atoms with Gasteiger partial charge in [-0.2, -0.15) is 0 Å². The van der Waals surface area contributed by atoms with Crippen molar-refractivity contribution in [3.8, 4) is 0 Å². The monoisotopic (exact) mass is 239 g/mol. The van der Waals surface area contributed by atoms with Crippen LogP contribution in [0.2, 0.25) is 0 Å².